The van der Waals surface area contributed by atoms with Gasteiger partial charge in [-0.25, -0.2) is 9.59 Å². The van der Waals surface area contributed by atoms with Crippen molar-refractivity contribution in [2.75, 3.05) is 6.54 Å². The maximum absolute atomic E-state index is 12.5. The lowest BCUT2D eigenvalue weighted by molar-refractivity contribution is 0.0535. The number of hydrogen-bond acceptors (Lipinski definition) is 7. The van der Waals surface area contributed by atoms with Gasteiger partial charge >= 0.3 is 12.2 Å². The van der Waals surface area contributed by atoms with Gasteiger partial charge in [-0.15, -0.1) is 4.99 Å². The highest BCUT2D eigenvalue weighted by Crippen LogP contribution is 2.33. The predicted molar refractivity (Wildman–Crippen MR) is 163 cm³/mol. The molecule has 42 heavy (non-hydrogen) atoms. The van der Waals surface area contributed by atoms with Gasteiger partial charge in [-0.2, -0.15) is 4.98 Å². The van der Waals surface area contributed by atoms with Gasteiger partial charge in [-0.05, 0) is 66.4 Å². The van der Waals surface area contributed by atoms with E-state index in [9.17, 15) is 9.59 Å². The number of likely N-dealkylation sites (tertiary alicyclic amines) is 1. The van der Waals surface area contributed by atoms with Gasteiger partial charge in [-0.3, -0.25) is 5.32 Å². The van der Waals surface area contributed by atoms with E-state index in [2.05, 4.69) is 39.5 Å². The molecule has 1 fully saturated rings. The van der Waals surface area contributed by atoms with E-state index in [-0.39, 0.29) is 12.0 Å². The minimum Gasteiger partial charge on any atom is -0.444 e. The third-order valence-electron chi connectivity index (χ3n) is 6.75. The van der Waals surface area contributed by atoms with Crippen molar-refractivity contribution in [3.05, 3.63) is 35.7 Å². The lowest BCUT2D eigenvalue weighted by atomic mass is 10.0. The Kier molecular flexibility index (Phi) is 11.9. The largest absolute Gasteiger partial charge is 0.444 e. The molecule has 3 rings (SSSR count). The van der Waals surface area contributed by atoms with Crippen molar-refractivity contribution in [2.24, 2.45) is 4.99 Å². The van der Waals surface area contributed by atoms with E-state index in [0.29, 0.717) is 24.7 Å². The number of aliphatic imine (C=N–C) groups is 1. The Bertz CT molecular complexity index is 1180. The van der Waals surface area contributed by atoms with Crippen LogP contribution in [0.1, 0.15) is 124 Å². The number of rotatable bonds is 11. The average molecular weight is 584 g/mol. The Morgan fingerprint density at radius 1 is 0.952 bits per heavy atom. The molecular weight excluding hydrogens is 534 g/mol. The average Bonchev–Trinajstić information content (AvgIpc) is 3.32. The summed E-state index contributed by atoms with van der Waals surface area (Å²) in [7, 11) is 0. The summed E-state index contributed by atoms with van der Waals surface area (Å²) < 4.78 is 16.3. The standard InChI is InChI=1S/C32H49N5O5/c1-8-9-10-11-12-13-14-15-16-23-17-19-24(20-18-23)26-33-27(42-36-26)25-21-22-37(25)28(34-29(38)40-31(2,3)4)35-30(39)41-32(5,6)7/h17-20,25H,8-16,21-22H2,1-7H3,(H,34,35,38,39)/t25-/m0/s1. The van der Waals surface area contributed by atoms with E-state index >= 15 is 0 Å². The summed E-state index contributed by atoms with van der Waals surface area (Å²) in [6, 6.07) is 7.93. The SMILES string of the molecule is CCCCCCCCCCc1ccc(-c2noc([C@@H]3CCN3C(=NC(=O)OC(C)(C)C)NC(=O)OC(C)(C)C)n2)cc1. The fraction of sp³-hybridized carbons (Fsp3) is 0.656. The highest BCUT2D eigenvalue weighted by Gasteiger charge is 2.38. The van der Waals surface area contributed by atoms with E-state index in [1.807, 2.05) is 12.1 Å². The molecule has 2 heterocycles. The molecule has 1 aliphatic rings. The number of benzene rings is 1. The molecule has 0 spiro atoms. The number of unbranched alkanes of at least 4 members (excludes halogenated alkanes) is 7. The third-order valence-corrected chi connectivity index (χ3v) is 6.75. The predicted octanol–water partition coefficient (Wildman–Crippen LogP) is 7.98. The first-order chi connectivity index (χ1) is 19.8. The molecule has 1 aliphatic heterocycles. The summed E-state index contributed by atoms with van der Waals surface area (Å²) >= 11 is 0. The first kappa shape index (κ1) is 33.1. The van der Waals surface area contributed by atoms with Crippen LogP contribution in [0.15, 0.2) is 33.8 Å². The molecule has 10 heteroatoms. The molecule has 1 aromatic heterocycles. The summed E-state index contributed by atoms with van der Waals surface area (Å²) in [6.07, 6.45) is 10.7. The third kappa shape index (κ3) is 11.1. The van der Waals surface area contributed by atoms with Crippen molar-refractivity contribution >= 4 is 18.1 Å². The van der Waals surface area contributed by atoms with Crippen molar-refractivity contribution in [3.8, 4) is 11.4 Å². The lowest BCUT2D eigenvalue weighted by Crippen LogP contribution is -2.53. The molecule has 0 bridgehead atoms. The number of nitrogens with one attached hydrogen (secondary N) is 1. The second-order valence-electron chi connectivity index (χ2n) is 12.9. The molecule has 0 unspecified atom stereocenters. The Morgan fingerprint density at radius 3 is 2.14 bits per heavy atom. The number of aromatic nitrogens is 2. The van der Waals surface area contributed by atoms with Gasteiger partial charge in [0.25, 0.3) is 0 Å². The second kappa shape index (κ2) is 15.2. The zero-order chi connectivity index (χ0) is 30.8. The molecule has 0 aliphatic carbocycles. The van der Waals surface area contributed by atoms with Crippen LogP contribution in [-0.2, 0) is 15.9 Å². The number of aryl methyl sites for hydroxylation is 1. The first-order valence-electron chi connectivity index (χ1n) is 15.4. The second-order valence-corrected chi connectivity index (χ2v) is 12.9. The summed E-state index contributed by atoms with van der Waals surface area (Å²) in [5.41, 5.74) is 0.705. The van der Waals surface area contributed by atoms with E-state index in [1.165, 1.54) is 56.9 Å². The molecule has 1 saturated heterocycles. The van der Waals surface area contributed by atoms with Crippen molar-refractivity contribution in [1.82, 2.24) is 20.4 Å². The van der Waals surface area contributed by atoms with Gasteiger partial charge in [0.05, 0.1) is 0 Å². The van der Waals surface area contributed by atoms with Crippen molar-refractivity contribution in [3.63, 3.8) is 0 Å². The minimum atomic E-state index is -0.822. The number of carbonyl (C=O) groups excluding carboxylic acids is 2. The summed E-state index contributed by atoms with van der Waals surface area (Å²) in [4.78, 5) is 35.4. The van der Waals surface area contributed by atoms with Crippen LogP contribution in [0.4, 0.5) is 9.59 Å². The maximum atomic E-state index is 12.5. The van der Waals surface area contributed by atoms with Crippen LogP contribution in [0.5, 0.6) is 0 Å². The number of guanidine groups is 1. The fourth-order valence-corrected chi connectivity index (χ4v) is 4.60. The van der Waals surface area contributed by atoms with Gasteiger partial charge in [0, 0.05) is 12.1 Å². The van der Waals surface area contributed by atoms with Gasteiger partial charge in [0.2, 0.25) is 17.7 Å². The Morgan fingerprint density at radius 2 is 1.57 bits per heavy atom. The smallest absolute Gasteiger partial charge is 0.437 e. The normalized spacial score (nSPS) is 15.7. The zero-order valence-corrected chi connectivity index (χ0v) is 26.5. The fourth-order valence-electron chi connectivity index (χ4n) is 4.60. The Labute approximate surface area is 250 Å². The first-order valence-corrected chi connectivity index (χ1v) is 15.4. The molecule has 1 N–H and O–H groups in total. The van der Waals surface area contributed by atoms with Crippen LogP contribution in [0.2, 0.25) is 0 Å². The minimum absolute atomic E-state index is 0.0137. The highest BCUT2D eigenvalue weighted by atomic mass is 16.6. The van der Waals surface area contributed by atoms with E-state index in [0.717, 1.165) is 12.0 Å². The number of amides is 2. The van der Waals surface area contributed by atoms with Crippen LogP contribution in [0.25, 0.3) is 11.4 Å². The van der Waals surface area contributed by atoms with E-state index in [1.54, 1.807) is 46.4 Å². The topological polar surface area (TPSA) is 119 Å². The molecule has 0 radical (unpaired) electrons. The molecule has 10 nitrogen and oxygen atoms in total. The number of ether oxygens (including phenoxy) is 2. The monoisotopic (exact) mass is 583 g/mol. The van der Waals surface area contributed by atoms with Crippen LogP contribution >= 0.6 is 0 Å². The van der Waals surface area contributed by atoms with E-state index < -0.39 is 23.4 Å². The van der Waals surface area contributed by atoms with E-state index in [4.69, 9.17) is 14.0 Å². The van der Waals surface area contributed by atoms with Crippen LogP contribution in [0.3, 0.4) is 0 Å². The molecule has 2 amide bonds. The summed E-state index contributed by atoms with van der Waals surface area (Å²) in [5, 5.41) is 6.79. The molecule has 1 atom stereocenters. The molecule has 232 valence electrons. The molecule has 1 aromatic carbocycles. The van der Waals surface area contributed by atoms with Crippen molar-refractivity contribution in [2.45, 2.75) is 130 Å². The Hall–Kier alpha value is -3.43. The van der Waals surface area contributed by atoms with Gasteiger partial charge in [-0.1, -0.05) is 81.3 Å². The van der Waals surface area contributed by atoms with Crippen molar-refractivity contribution < 1.29 is 23.6 Å². The van der Waals surface area contributed by atoms with Gasteiger partial charge in [0.1, 0.15) is 17.2 Å². The molecule has 0 saturated carbocycles. The number of carbonyl (C=O) groups is 2. The number of nitrogens with zero attached hydrogens (tertiary/aromatic N) is 4. The summed E-state index contributed by atoms with van der Waals surface area (Å²) in [5.74, 6) is 0.878. The van der Waals surface area contributed by atoms with Gasteiger partial charge < -0.3 is 18.9 Å². The highest BCUT2D eigenvalue weighted by molar-refractivity contribution is 5.99. The molecular formula is C32H49N5O5. The molecule has 2 aromatic rings. The number of alkyl carbamates (subject to hydrolysis) is 1. The quantitative estimate of drug-likeness (QED) is 0.161. The van der Waals surface area contributed by atoms with Crippen LogP contribution in [0, 0.1) is 0 Å². The maximum Gasteiger partial charge on any atom is 0.437 e. The number of hydrogen-bond donors (Lipinski definition) is 1. The lowest BCUT2D eigenvalue weighted by Gasteiger charge is -2.40. The summed E-state index contributed by atoms with van der Waals surface area (Å²) in [6.45, 7) is 13.3. The van der Waals surface area contributed by atoms with Crippen LogP contribution < -0.4 is 5.32 Å². The Balaban J connectivity index is 1.62. The van der Waals surface area contributed by atoms with Crippen molar-refractivity contribution in [1.29, 1.82) is 0 Å². The zero-order valence-electron chi connectivity index (χ0n) is 26.5. The van der Waals surface area contributed by atoms with Gasteiger partial charge in [0.15, 0.2) is 0 Å². The van der Waals surface area contributed by atoms with Crippen LogP contribution in [-0.4, -0.2) is 50.9 Å².